The van der Waals surface area contributed by atoms with Crippen LogP contribution in [0.2, 0.25) is 0 Å². The summed E-state index contributed by atoms with van der Waals surface area (Å²) in [6, 6.07) is 11.2. The third-order valence-corrected chi connectivity index (χ3v) is 1.81. The predicted molar refractivity (Wildman–Crippen MR) is 54.1 cm³/mol. The molecule has 1 nitrogen and oxygen atoms in total. The van der Waals surface area contributed by atoms with Gasteiger partial charge >= 0.3 is 0 Å². The van der Waals surface area contributed by atoms with Gasteiger partial charge in [0.2, 0.25) is 0 Å². The zero-order valence-electron chi connectivity index (χ0n) is 7.61. The molecule has 1 aliphatic rings. The van der Waals surface area contributed by atoms with E-state index >= 15 is 0 Å². The van der Waals surface area contributed by atoms with Gasteiger partial charge in [0.1, 0.15) is 0 Å². The minimum absolute atomic E-state index is 0.715. The molecule has 0 spiro atoms. The summed E-state index contributed by atoms with van der Waals surface area (Å²) in [5.74, 6) is 0. The van der Waals surface area contributed by atoms with Crippen LogP contribution >= 0.6 is 0 Å². The molecule has 0 amide bonds. The first-order chi connectivity index (χ1) is 6.43. The lowest BCUT2D eigenvalue weighted by molar-refractivity contribution is 0.929. The van der Waals surface area contributed by atoms with Gasteiger partial charge in [-0.05, 0) is 31.4 Å². The molecule has 0 saturated heterocycles. The Hall–Kier alpha value is -1.55. The minimum Gasteiger partial charge on any atom is -0.192 e. The van der Waals surface area contributed by atoms with E-state index < -0.39 is 0 Å². The van der Waals surface area contributed by atoms with Gasteiger partial charge < -0.3 is 0 Å². The van der Waals surface area contributed by atoms with Gasteiger partial charge in [0.25, 0.3) is 0 Å². The van der Waals surface area contributed by atoms with Crippen LogP contribution in [0.15, 0.2) is 42.5 Å². The molecule has 0 heterocycles. The number of hydrogen-bond acceptors (Lipinski definition) is 1. The Morgan fingerprint density at radius 2 is 1.62 bits per heavy atom. The minimum atomic E-state index is 0.715. The molecule has 0 aromatic heterocycles. The van der Waals surface area contributed by atoms with Gasteiger partial charge in [0.15, 0.2) is 0 Å². The Bertz CT molecular complexity index is 287. The van der Waals surface area contributed by atoms with E-state index in [4.69, 9.17) is 5.26 Å². The van der Waals surface area contributed by atoms with E-state index in [1.807, 2.05) is 24.3 Å². The highest BCUT2D eigenvalue weighted by atomic mass is 14.2. The van der Waals surface area contributed by atoms with Gasteiger partial charge in [0.05, 0.1) is 11.6 Å². The van der Waals surface area contributed by atoms with Crippen LogP contribution in [-0.2, 0) is 0 Å². The van der Waals surface area contributed by atoms with Crippen LogP contribution in [0.5, 0.6) is 0 Å². The van der Waals surface area contributed by atoms with Crippen molar-refractivity contribution >= 4 is 0 Å². The lowest BCUT2D eigenvalue weighted by Gasteiger charge is -1.80. The van der Waals surface area contributed by atoms with Gasteiger partial charge in [-0.1, -0.05) is 30.4 Å². The summed E-state index contributed by atoms with van der Waals surface area (Å²) in [6.45, 7) is 0. The predicted octanol–water partition coefficient (Wildman–Crippen LogP) is 3.28. The third-order valence-electron chi connectivity index (χ3n) is 1.81. The van der Waals surface area contributed by atoms with E-state index in [9.17, 15) is 0 Å². The molecule has 0 unspecified atom stereocenters. The van der Waals surface area contributed by atoms with Crippen LogP contribution in [0.4, 0.5) is 0 Å². The highest BCUT2D eigenvalue weighted by molar-refractivity contribution is 5.27. The second-order valence-electron chi connectivity index (χ2n) is 2.88. The SMILES string of the molecule is C1=CCCC1.N#Cc1ccccc1. The van der Waals surface area contributed by atoms with Crippen molar-refractivity contribution in [1.29, 1.82) is 5.26 Å². The molecular weight excluding hydrogens is 158 g/mol. The zero-order chi connectivity index (χ0) is 9.36. The summed E-state index contributed by atoms with van der Waals surface area (Å²) in [4.78, 5) is 0. The fourth-order valence-corrected chi connectivity index (χ4v) is 1.10. The van der Waals surface area contributed by atoms with E-state index in [0.717, 1.165) is 0 Å². The second-order valence-corrected chi connectivity index (χ2v) is 2.88. The van der Waals surface area contributed by atoms with Crippen molar-refractivity contribution in [3.05, 3.63) is 48.0 Å². The monoisotopic (exact) mass is 171 g/mol. The van der Waals surface area contributed by atoms with Gasteiger partial charge in [-0.15, -0.1) is 0 Å². The van der Waals surface area contributed by atoms with E-state index in [-0.39, 0.29) is 0 Å². The molecule has 0 N–H and O–H groups in total. The standard InChI is InChI=1S/C7H5N.C5H8/c8-6-7-4-2-1-3-5-7;1-2-4-5-3-1/h1-5H;1-2H,3-5H2. The summed E-state index contributed by atoms with van der Waals surface area (Å²) >= 11 is 0. The van der Waals surface area contributed by atoms with E-state index in [2.05, 4.69) is 12.2 Å². The number of benzene rings is 1. The maximum Gasteiger partial charge on any atom is 0.0991 e. The van der Waals surface area contributed by atoms with Crippen molar-refractivity contribution < 1.29 is 0 Å². The number of nitriles is 1. The Kier molecular flexibility index (Phi) is 4.42. The molecule has 0 radical (unpaired) electrons. The summed E-state index contributed by atoms with van der Waals surface area (Å²) in [7, 11) is 0. The van der Waals surface area contributed by atoms with Crippen molar-refractivity contribution in [2.75, 3.05) is 0 Å². The molecule has 1 aliphatic carbocycles. The maximum absolute atomic E-state index is 8.29. The van der Waals surface area contributed by atoms with Crippen LogP contribution in [0.1, 0.15) is 24.8 Å². The number of rotatable bonds is 0. The highest BCUT2D eigenvalue weighted by Crippen LogP contribution is 2.05. The maximum atomic E-state index is 8.29. The van der Waals surface area contributed by atoms with Crippen LogP contribution in [0.25, 0.3) is 0 Å². The molecule has 66 valence electrons. The molecule has 0 aliphatic heterocycles. The first-order valence-corrected chi connectivity index (χ1v) is 4.53. The van der Waals surface area contributed by atoms with Gasteiger partial charge in [-0.3, -0.25) is 0 Å². The lowest BCUT2D eigenvalue weighted by Crippen LogP contribution is -1.66. The first kappa shape index (κ1) is 9.54. The van der Waals surface area contributed by atoms with Gasteiger partial charge in [-0.25, -0.2) is 0 Å². The van der Waals surface area contributed by atoms with Crippen molar-refractivity contribution in [3.63, 3.8) is 0 Å². The topological polar surface area (TPSA) is 23.8 Å². The Morgan fingerprint density at radius 1 is 1.00 bits per heavy atom. The van der Waals surface area contributed by atoms with E-state index in [0.29, 0.717) is 5.56 Å². The smallest absolute Gasteiger partial charge is 0.0991 e. The van der Waals surface area contributed by atoms with Crippen molar-refractivity contribution in [3.8, 4) is 6.07 Å². The average molecular weight is 171 g/mol. The molecule has 1 heteroatoms. The third kappa shape index (κ3) is 4.12. The van der Waals surface area contributed by atoms with Crippen LogP contribution in [0, 0.1) is 11.3 Å². The van der Waals surface area contributed by atoms with Crippen molar-refractivity contribution in [1.82, 2.24) is 0 Å². The fourth-order valence-electron chi connectivity index (χ4n) is 1.10. The Balaban J connectivity index is 0.000000145. The van der Waals surface area contributed by atoms with E-state index in [1.54, 1.807) is 12.1 Å². The van der Waals surface area contributed by atoms with Crippen LogP contribution in [0.3, 0.4) is 0 Å². The summed E-state index contributed by atoms with van der Waals surface area (Å²) < 4.78 is 0. The molecule has 2 rings (SSSR count). The zero-order valence-corrected chi connectivity index (χ0v) is 7.61. The summed E-state index contributed by atoms with van der Waals surface area (Å²) in [5.41, 5.74) is 0.715. The molecule has 0 fully saturated rings. The normalized spacial score (nSPS) is 12.8. The van der Waals surface area contributed by atoms with Crippen LogP contribution < -0.4 is 0 Å². The highest BCUT2D eigenvalue weighted by Gasteiger charge is 1.84. The van der Waals surface area contributed by atoms with E-state index in [1.165, 1.54) is 19.3 Å². The first-order valence-electron chi connectivity index (χ1n) is 4.53. The van der Waals surface area contributed by atoms with Gasteiger partial charge in [-0.2, -0.15) is 5.26 Å². The molecule has 13 heavy (non-hydrogen) atoms. The molecule has 1 aromatic rings. The Labute approximate surface area is 79.3 Å². The summed E-state index contributed by atoms with van der Waals surface area (Å²) in [6.07, 6.45) is 8.50. The Morgan fingerprint density at radius 3 is 1.92 bits per heavy atom. The number of allylic oxidation sites excluding steroid dienone is 2. The molecule has 0 atom stereocenters. The molecular formula is C12H13N. The summed E-state index contributed by atoms with van der Waals surface area (Å²) in [5, 5.41) is 8.29. The second kappa shape index (κ2) is 6.02. The number of hydrogen-bond donors (Lipinski definition) is 0. The molecule has 0 saturated carbocycles. The largest absolute Gasteiger partial charge is 0.192 e. The number of nitrogens with zero attached hydrogens (tertiary/aromatic N) is 1. The van der Waals surface area contributed by atoms with Crippen LogP contribution in [-0.4, -0.2) is 0 Å². The van der Waals surface area contributed by atoms with Crippen molar-refractivity contribution in [2.45, 2.75) is 19.3 Å². The molecule has 0 bridgehead atoms. The quantitative estimate of drug-likeness (QED) is 0.549. The van der Waals surface area contributed by atoms with Crippen molar-refractivity contribution in [2.24, 2.45) is 0 Å². The average Bonchev–Trinajstić information content (AvgIpc) is 2.77. The molecule has 1 aromatic carbocycles. The van der Waals surface area contributed by atoms with Gasteiger partial charge in [0, 0.05) is 0 Å². The fraction of sp³-hybridized carbons (Fsp3) is 0.250. The lowest BCUT2D eigenvalue weighted by atomic mass is 10.2.